The third kappa shape index (κ3) is 4.87. The molecular formula is C59H47N. The molecule has 0 fully saturated rings. The molecule has 0 radical (unpaired) electrons. The topological polar surface area (TPSA) is 3.24 Å². The van der Waals surface area contributed by atoms with Crippen LogP contribution in [0.25, 0.3) is 44.5 Å². The van der Waals surface area contributed by atoms with E-state index in [9.17, 15) is 0 Å². The Morgan fingerprint density at radius 3 is 1.67 bits per heavy atom. The minimum Gasteiger partial charge on any atom is -0.310 e. The van der Waals surface area contributed by atoms with Crippen LogP contribution in [-0.4, -0.2) is 0 Å². The summed E-state index contributed by atoms with van der Waals surface area (Å²) in [4.78, 5) is 2.49. The molecule has 0 saturated heterocycles. The van der Waals surface area contributed by atoms with Crippen molar-refractivity contribution in [3.8, 4) is 44.5 Å². The summed E-state index contributed by atoms with van der Waals surface area (Å²) in [5, 5.41) is 0. The lowest BCUT2D eigenvalue weighted by molar-refractivity contribution is 0.588. The lowest BCUT2D eigenvalue weighted by Crippen LogP contribution is -2.27. The zero-order valence-electron chi connectivity index (χ0n) is 35.8. The number of hydrogen-bond donors (Lipinski definition) is 0. The summed E-state index contributed by atoms with van der Waals surface area (Å²) in [6, 6.07) is 66.2. The highest BCUT2D eigenvalue weighted by Crippen LogP contribution is 2.64. The van der Waals surface area contributed by atoms with E-state index in [1.54, 1.807) is 0 Å². The van der Waals surface area contributed by atoms with Crippen molar-refractivity contribution in [1.29, 1.82) is 0 Å². The van der Waals surface area contributed by atoms with Gasteiger partial charge in [-0.15, -0.1) is 0 Å². The Morgan fingerprint density at radius 1 is 0.450 bits per heavy atom. The number of allylic oxidation sites excluding steroid dienone is 2. The van der Waals surface area contributed by atoms with E-state index in [2.05, 4.69) is 215 Å². The zero-order chi connectivity index (χ0) is 41.5. The summed E-state index contributed by atoms with van der Waals surface area (Å²) in [6.07, 6.45) is 3.94. The van der Waals surface area contributed by atoms with E-state index in [1.165, 1.54) is 72.3 Å². The van der Waals surface area contributed by atoms with Crippen LogP contribution in [-0.2, 0) is 16.2 Å². The molecule has 4 aliphatic rings. The van der Waals surface area contributed by atoms with E-state index in [0.717, 1.165) is 33.8 Å². The number of hydrogen-bond acceptors (Lipinski definition) is 1. The van der Waals surface area contributed by atoms with E-state index in [0.29, 0.717) is 0 Å². The predicted molar refractivity (Wildman–Crippen MR) is 251 cm³/mol. The van der Waals surface area contributed by atoms with Crippen molar-refractivity contribution < 1.29 is 1.37 Å². The third-order valence-corrected chi connectivity index (χ3v) is 14.0. The lowest BCUT2D eigenvalue weighted by atomic mass is 9.69. The van der Waals surface area contributed by atoms with E-state index < -0.39 is 11.3 Å². The van der Waals surface area contributed by atoms with Crippen molar-refractivity contribution >= 4 is 17.1 Å². The Bertz CT molecular complexity index is 3170. The molecule has 0 bridgehead atoms. The van der Waals surface area contributed by atoms with Gasteiger partial charge in [-0.05, 0) is 119 Å². The van der Waals surface area contributed by atoms with Crippen molar-refractivity contribution in [1.82, 2.24) is 0 Å². The van der Waals surface area contributed by atoms with Crippen molar-refractivity contribution in [3.63, 3.8) is 0 Å². The van der Waals surface area contributed by atoms with Crippen molar-refractivity contribution in [2.45, 2.75) is 56.8 Å². The second-order valence-corrected chi connectivity index (χ2v) is 18.7. The molecule has 0 amide bonds. The molecule has 60 heavy (non-hydrogen) atoms. The van der Waals surface area contributed by atoms with Crippen molar-refractivity contribution in [2.24, 2.45) is 0 Å². The number of nitrogens with zero attached hydrogens (tertiary/aromatic N) is 1. The number of anilines is 3. The van der Waals surface area contributed by atoms with Crippen LogP contribution in [0.15, 0.2) is 188 Å². The summed E-state index contributed by atoms with van der Waals surface area (Å²) >= 11 is 0. The minimum atomic E-state index is -0.727. The molecule has 4 aliphatic carbocycles. The fourth-order valence-electron chi connectivity index (χ4n) is 11.0. The van der Waals surface area contributed by atoms with Crippen LogP contribution in [0.4, 0.5) is 17.1 Å². The Labute approximate surface area is 355 Å². The number of fused-ring (bicyclic) bond motifs is 13. The van der Waals surface area contributed by atoms with Gasteiger partial charge < -0.3 is 4.90 Å². The van der Waals surface area contributed by atoms with Gasteiger partial charge in [0.05, 0.1) is 11.1 Å². The van der Waals surface area contributed by atoms with Gasteiger partial charge in [-0.3, -0.25) is 0 Å². The van der Waals surface area contributed by atoms with E-state index >= 15 is 0 Å². The van der Waals surface area contributed by atoms with Crippen LogP contribution in [0, 0.1) is 0 Å². The van der Waals surface area contributed by atoms with Gasteiger partial charge in [0, 0.05) is 29.6 Å². The normalized spacial score (nSPS) is 17.9. The summed E-state index contributed by atoms with van der Waals surface area (Å²) in [7, 11) is 0. The van der Waals surface area contributed by atoms with Crippen molar-refractivity contribution in [2.75, 3.05) is 4.90 Å². The van der Waals surface area contributed by atoms with Gasteiger partial charge >= 0.3 is 0 Å². The van der Waals surface area contributed by atoms with E-state index in [1.807, 2.05) is 12.2 Å². The first-order valence-electron chi connectivity index (χ1n) is 21.9. The van der Waals surface area contributed by atoms with Crippen LogP contribution < -0.4 is 4.90 Å². The minimum absolute atomic E-state index is 0.0124. The molecule has 1 heteroatoms. The third-order valence-electron chi connectivity index (χ3n) is 14.0. The Morgan fingerprint density at radius 2 is 0.983 bits per heavy atom. The predicted octanol–water partition coefficient (Wildman–Crippen LogP) is 15.4. The average molecular weight is 771 g/mol. The molecule has 12 rings (SSSR count). The zero-order valence-corrected chi connectivity index (χ0v) is 34.8. The number of rotatable bonds is 5. The standard InChI is InChI=1S/C59H47N/c1-57(2,3)40-27-30-47-44-18-7-11-22-52(44)59(54(47)34-40)53-23-12-8-19-45(53)48-31-28-42(36-55(48)59)60(41-29-32-51-49(35-41)46-20-6-10-21-50(46)58(51,4)5)56-24-13-9-17-43(56)39-16-14-15-38(33-39)37-25-26-37/h6-37H,1-5H3/i37D. The second-order valence-electron chi connectivity index (χ2n) is 18.7. The highest BCUT2D eigenvalue weighted by molar-refractivity contribution is 5.98. The molecular weight excluding hydrogens is 723 g/mol. The first-order chi connectivity index (χ1) is 29.5. The Hall–Kier alpha value is -6.70. The van der Waals surface area contributed by atoms with Crippen LogP contribution in [0.1, 0.15) is 86.4 Å². The molecule has 1 atom stereocenters. The smallest absolute Gasteiger partial charge is 0.0726 e. The van der Waals surface area contributed by atoms with Crippen molar-refractivity contribution in [3.05, 3.63) is 233 Å². The number of benzene rings is 8. The van der Waals surface area contributed by atoms with Crippen LogP contribution in [0.5, 0.6) is 0 Å². The highest BCUT2D eigenvalue weighted by atomic mass is 15.1. The average Bonchev–Trinajstić information content (AvgIpc) is 3.80. The molecule has 0 aliphatic heterocycles. The van der Waals surface area contributed by atoms with Gasteiger partial charge in [-0.25, -0.2) is 0 Å². The maximum absolute atomic E-state index is 8.95. The second kappa shape index (κ2) is 12.4. The lowest BCUT2D eigenvalue weighted by Gasteiger charge is -2.33. The molecule has 288 valence electrons. The first-order valence-corrected chi connectivity index (χ1v) is 21.4. The fraction of sp³-hybridized carbons (Fsp3) is 0.153. The molecule has 8 aromatic rings. The molecule has 1 unspecified atom stereocenters. The van der Waals surface area contributed by atoms with Gasteiger partial charge in [0.25, 0.3) is 0 Å². The van der Waals surface area contributed by atoms with E-state index in [-0.39, 0.29) is 10.8 Å². The van der Waals surface area contributed by atoms with Crippen LogP contribution >= 0.6 is 0 Å². The molecule has 0 heterocycles. The quantitative estimate of drug-likeness (QED) is 0.158. The summed E-state index contributed by atoms with van der Waals surface area (Å²) < 4.78 is 8.95. The summed E-state index contributed by atoms with van der Waals surface area (Å²) in [5.74, 6) is -0.727. The molecule has 0 N–H and O–H groups in total. The van der Waals surface area contributed by atoms with Gasteiger partial charge in [-0.2, -0.15) is 0 Å². The maximum Gasteiger partial charge on any atom is 0.0726 e. The molecule has 0 saturated carbocycles. The van der Waals surface area contributed by atoms with Crippen LogP contribution in [0.2, 0.25) is 0 Å². The molecule has 1 spiro atoms. The Kier molecular flexibility index (Phi) is 7.07. The Balaban J connectivity index is 1.14. The SMILES string of the molecule is [2H]C1(c2cccc(-c3ccccc3N(c3ccc4c(c3)-c3ccccc3C4(C)C)c3ccc4c(c3)C3(c5ccccc5-4)c4ccccc4-c4ccc(C(C)(C)C)cc43)c2)C=C1. The molecule has 8 aromatic carbocycles. The number of para-hydroxylation sites is 1. The summed E-state index contributed by atoms with van der Waals surface area (Å²) in [6.45, 7) is 11.7. The van der Waals surface area contributed by atoms with Crippen LogP contribution in [0.3, 0.4) is 0 Å². The maximum atomic E-state index is 8.95. The van der Waals surface area contributed by atoms with Gasteiger partial charge in [-0.1, -0.05) is 192 Å². The summed E-state index contributed by atoms with van der Waals surface area (Å²) in [5.41, 5.74) is 23.2. The van der Waals surface area contributed by atoms with Gasteiger partial charge in [0.2, 0.25) is 0 Å². The fourth-order valence-corrected chi connectivity index (χ4v) is 11.0. The largest absolute Gasteiger partial charge is 0.310 e. The highest BCUT2D eigenvalue weighted by Gasteiger charge is 2.52. The van der Waals surface area contributed by atoms with Gasteiger partial charge in [0.1, 0.15) is 0 Å². The first kappa shape index (κ1) is 34.2. The monoisotopic (exact) mass is 770 g/mol. The molecule has 1 nitrogen and oxygen atoms in total. The van der Waals surface area contributed by atoms with E-state index in [4.69, 9.17) is 1.37 Å². The van der Waals surface area contributed by atoms with Gasteiger partial charge in [0.15, 0.2) is 0 Å². The molecule has 0 aromatic heterocycles.